The maximum absolute atomic E-state index is 9.14. The van der Waals surface area contributed by atoms with E-state index < -0.39 is 0 Å². The second-order valence-corrected chi connectivity index (χ2v) is 4.36. The molecule has 2 aromatic rings. The molecular weight excluding hydrogens is 240 g/mol. The number of rotatable bonds is 5. The van der Waals surface area contributed by atoms with E-state index in [-0.39, 0.29) is 0 Å². The van der Waals surface area contributed by atoms with Gasteiger partial charge in [-0.25, -0.2) is 4.98 Å². The largest absolute Gasteiger partial charge is 0.369 e. The summed E-state index contributed by atoms with van der Waals surface area (Å²) < 4.78 is 1.78. The van der Waals surface area contributed by atoms with Crippen LogP contribution in [0.5, 0.6) is 0 Å². The van der Waals surface area contributed by atoms with Crippen LogP contribution in [-0.2, 0) is 6.54 Å². The van der Waals surface area contributed by atoms with Gasteiger partial charge >= 0.3 is 0 Å². The Morgan fingerprint density at radius 2 is 2.26 bits per heavy atom. The molecule has 0 aromatic carbocycles. The van der Waals surface area contributed by atoms with E-state index >= 15 is 0 Å². The summed E-state index contributed by atoms with van der Waals surface area (Å²) in [7, 11) is 0. The lowest BCUT2D eigenvalue weighted by molar-refractivity contribution is 0.569. The monoisotopic (exact) mass is 256 g/mol. The van der Waals surface area contributed by atoms with Crippen molar-refractivity contribution in [1.29, 1.82) is 5.26 Å². The number of hydrogen-bond acceptors (Lipinski definition) is 5. The number of nitriles is 1. The molecule has 2 aromatic heterocycles. The molecule has 19 heavy (non-hydrogen) atoms. The van der Waals surface area contributed by atoms with E-state index in [0.29, 0.717) is 11.4 Å². The van der Waals surface area contributed by atoms with Gasteiger partial charge in [0.05, 0.1) is 11.8 Å². The van der Waals surface area contributed by atoms with Crippen LogP contribution in [0.1, 0.15) is 23.2 Å². The first-order valence-corrected chi connectivity index (χ1v) is 6.17. The van der Waals surface area contributed by atoms with E-state index in [1.54, 1.807) is 10.9 Å². The lowest BCUT2D eigenvalue weighted by atomic mass is 10.1. The third kappa shape index (κ3) is 3.28. The van der Waals surface area contributed by atoms with Crippen LogP contribution >= 0.6 is 0 Å². The van der Waals surface area contributed by atoms with Crippen molar-refractivity contribution in [2.75, 3.05) is 11.9 Å². The highest BCUT2D eigenvalue weighted by molar-refractivity contribution is 5.56. The van der Waals surface area contributed by atoms with E-state index in [1.807, 2.05) is 26.1 Å². The number of aryl methyl sites for hydroxylation is 3. The highest BCUT2D eigenvalue weighted by atomic mass is 15.4. The standard InChI is InChI=1S/C13H16N6/c1-10-8-11(2)17-13(12(10)9-14)15-4-3-6-19-7-5-16-18-19/h5,7-8H,3-4,6H2,1-2H3,(H,15,17). The summed E-state index contributed by atoms with van der Waals surface area (Å²) in [6.07, 6.45) is 4.38. The van der Waals surface area contributed by atoms with Gasteiger partial charge in [-0.3, -0.25) is 4.68 Å². The molecule has 98 valence electrons. The summed E-state index contributed by atoms with van der Waals surface area (Å²) in [6.45, 7) is 5.38. The number of pyridine rings is 1. The maximum Gasteiger partial charge on any atom is 0.144 e. The van der Waals surface area contributed by atoms with E-state index in [2.05, 4.69) is 26.7 Å². The maximum atomic E-state index is 9.14. The van der Waals surface area contributed by atoms with Gasteiger partial charge in [0.15, 0.2) is 0 Å². The van der Waals surface area contributed by atoms with Crippen LogP contribution in [-0.4, -0.2) is 26.5 Å². The first kappa shape index (κ1) is 13.0. The summed E-state index contributed by atoms with van der Waals surface area (Å²) >= 11 is 0. The zero-order valence-corrected chi connectivity index (χ0v) is 11.1. The number of nitrogens with one attached hydrogen (secondary N) is 1. The average Bonchev–Trinajstić information content (AvgIpc) is 2.87. The van der Waals surface area contributed by atoms with Crippen molar-refractivity contribution in [1.82, 2.24) is 20.0 Å². The van der Waals surface area contributed by atoms with Crippen LogP contribution in [0.4, 0.5) is 5.82 Å². The highest BCUT2D eigenvalue weighted by Crippen LogP contribution is 2.17. The van der Waals surface area contributed by atoms with Crippen LogP contribution in [0.3, 0.4) is 0 Å². The lowest BCUT2D eigenvalue weighted by Crippen LogP contribution is -2.10. The predicted octanol–water partition coefficient (Wildman–Crippen LogP) is 1.66. The van der Waals surface area contributed by atoms with Gasteiger partial charge in [-0.2, -0.15) is 5.26 Å². The predicted molar refractivity (Wildman–Crippen MR) is 71.6 cm³/mol. The van der Waals surface area contributed by atoms with E-state index in [4.69, 9.17) is 5.26 Å². The van der Waals surface area contributed by atoms with Crippen molar-refractivity contribution in [3.05, 3.63) is 35.3 Å². The molecule has 1 N–H and O–H groups in total. The second-order valence-electron chi connectivity index (χ2n) is 4.36. The molecule has 2 rings (SSSR count). The molecule has 0 amide bonds. The van der Waals surface area contributed by atoms with Crippen LogP contribution < -0.4 is 5.32 Å². The Balaban J connectivity index is 1.94. The fourth-order valence-corrected chi connectivity index (χ4v) is 1.91. The highest BCUT2D eigenvalue weighted by Gasteiger charge is 2.07. The summed E-state index contributed by atoms with van der Waals surface area (Å²) in [6, 6.07) is 4.11. The number of nitrogens with zero attached hydrogens (tertiary/aromatic N) is 5. The summed E-state index contributed by atoms with van der Waals surface area (Å²) in [5.74, 6) is 0.665. The molecule has 0 saturated heterocycles. The first-order valence-electron chi connectivity index (χ1n) is 6.17. The van der Waals surface area contributed by atoms with Crippen molar-refractivity contribution in [2.24, 2.45) is 0 Å². The number of hydrogen-bond donors (Lipinski definition) is 1. The molecule has 0 aliphatic carbocycles. The van der Waals surface area contributed by atoms with Crippen LogP contribution in [0, 0.1) is 25.2 Å². The molecule has 0 aliphatic rings. The fraction of sp³-hybridized carbons (Fsp3) is 0.385. The molecule has 2 heterocycles. The van der Waals surface area contributed by atoms with Crippen LogP contribution in [0.25, 0.3) is 0 Å². The minimum Gasteiger partial charge on any atom is -0.369 e. The number of anilines is 1. The zero-order valence-electron chi connectivity index (χ0n) is 11.1. The van der Waals surface area contributed by atoms with E-state index in [9.17, 15) is 0 Å². The van der Waals surface area contributed by atoms with Gasteiger partial charge in [-0.05, 0) is 31.9 Å². The second kappa shape index (κ2) is 5.96. The van der Waals surface area contributed by atoms with Gasteiger partial charge < -0.3 is 5.32 Å². The minimum absolute atomic E-state index is 0.617. The SMILES string of the molecule is Cc1cc(C)c(C#N)c(NCCCn2ccnn2)n1. The van der Waals surface area contributed by atoms with Crippen molar-refractivity contribution >= 4 is 5.82 Å². The molecule has 0 fully saturated rings. The van der Waals surface area contributed by atoms with Crippen molar-refractivity contribution in [3.8, 4) is 6.07 Å². The quantitative estimate of drug-likeness (QED) is 0.823. The molecule has 6 nitrogen and oxygen atoms in total. The lowest BCUT2D eigenvalue weighted by Gasteiger charge is -2.10. The summed E-state index contributed by atoms with van der Waals surface area (Å²) in [5, 5.41) is 20.0. The molecule has 0 radical (unpaired) electrons. The zero-order chi connectivity index (χ0) is 13.7. The van der Waals surface area contributed by atoms with Gasteiger partial charge in [-0.15, -0.1) is 5.10 Å². The Hall–Kier alpha value is -2.42. The van der Waals surface area contributed by atoms with Gasteiger partial charge in [0.2, 0.25) is 0 Å². The van der Waals surface area contributed by atoms with Crippen molar-refractivity contribution in [2.45, 2.75) is 26.8 Å². The molecular formula is C13H16N6. The summed E-state index contributed by atoms with van der Waals surface area (Å²) in [4.78, 5) is 4.37. The summed E-state index contributed by atoms with van der Waals surface area (Å²) in [5.41, 5.74) is 2.48. The third-order valence-electron chi connectivity index (χ3n) is 2.78. The van der Waals surface area contributed by atoms with Crippen LogP contribution in [0.2, 0.25) is 0 Å². The molecule has 0 unspecified atom stereocenters. The van der Waals surface area contributed by atoms with Gasteiger partial charge in [0.25, 0.3) is 0 Å². The average molecular weight is 256 g/mol. The van der Waals surface area contributed by atoms with Gasteiger partial charge in [0.1, 0.15) is 11.9 Å². The van der Waals surface area contributed by atoms with Crippen molar-refractivity contribution in [3.63, 3.8) is 0 Å². The van der Waals surface area contributed by atoms with E-state index in [0.717, 1.165) is 30.8 Å². The molecule has 0 bridgehead atoms. The van der Waals surface area contributed by atoms with Crippen LogP contribution in [0.15, 0.2) is 18.5 Å². The van der Waals surface area contributed by atoms with Gasteiger partial charge in [-0.1, -0.05) is 5.21 Å². The van der Waals surface area contributed by atoms with E-state index in [1.165, 1.54) is 0 Å². The van der Waals surface area contributed by atoms with Crippen molar-refractivity contribution < 1.29 is 0 Å². The topological polar surface area (TPSA) is 79.4 Å². The smallest absolute Gasteiger partial charge is 0.144 e. The molecule has 0 atom stereocenters. The molecule has 6 heteroatoms. The minimum atomic E-state index is 0.617. The third-order valence-corrected chi connectivity index (χ3v) is 2.78. The molecule has 0 saturated carbocycles. The first-order chi connectivity index (χ1) is 9.20. The number of aromatic nitrogens is 4. The Bertz CT molecular complexity index is 582. The Labute approximate surface area is 112 Å². The van der Waals surface area contributed by atoms with Gasteiger partial charge in [0, 0.05) is 25.0 Å². The Morgan fingerprint density at radius 1 is 1.42 bits per heavy atom. The Morgan fingerprint density at radius 3 is 2.95 bits per heavy atom. The molecule has 0 aliphatic heterocycles. The fourth-order valence-electron chi connectivity index (χ4n) is 1.91. The molecule has 0 spiro atoms. The normalized spacial score (nSPS) is 10.2. The Kier molecular flexibility index (Phi) is 4.08.